The van der Waals surface area contributed by atoms with E-state index in [0.29, 0.717) is 5.52 Å². The molecule has 0 aliphatic heterocycles. The number of aryl methyl sites for hydroxylation is 1. The van der Waals surface area contributed by atoms with Crippen molar-refractivity contribution in [1.29, 1.82) is 0 Å². The van der Waals surface area contributed by atoms with Gasteiger partial charge >= 0.3 is 5.97 Å². The van der Waals surface area contributed by atoms with E-state index in [4.69, 9.17) is 11.6 Å². The highest BCUT2D eigenvalue weighted by molar-refractivity contribution is 7.89. The van der Waals surface area contributed by atoms with Gasteiger partial charge in [-0.15, -0.1) is 0 Å². The second-order valence-electron chi connectivity index (χ2n) is 8.33. The van der Waals surface area contributed by atoms with Gasteiger partial charge in [0, 0.05) is 24.2 Å². The van der Waals surface area contributed by atoms with Gasteiger partial charge in [0.2, 0.25) is 15.5 Å². The molecule has 3 aromatic rings. The van der Waals surface area contributed by atoms with E-state index in [1.807, 2.05) is 4.72 Å². The number of hydrogen-bond acceptors (Lipinski definition) is 5. The number of benzene rings is 2. The minimum Gasteiger partial charge on any atom is -0.480 e. The van der Waals surface area contributed by atoms with E-state index in [-0.39, 0.29) is 26.9 Å². The number of rotatable bonds is 8. The average Bonchev–Trinajstić information content (AvgIpc) is 3.63. The van der Waals surface area contributed by atoms with Gasteiger partial charge in [-0.1, -0.05) is 29.3 Å². The summed E-state index contributed by atoms with van der Waals surface area (Å²) in [6.07, 6.45) is 2.93. The molecule has 184 valence electrons. The zero-order valence-corrected chi connectivity index (χ0v) is 20.0. The van der Waals surface area contributed by atoms with Gasteiger partial charge in [0.15, 0.2) is 0 Å². The summed E-state index contributed by atoms with van der Waals surface area (Å²) in [4.78, 5) is 37.3. The van der Waals surface area contributed by atoms with Crippen molar-refractivity contribution in [2.45, 2.75) is 36.7 Å². The molecule has 35 heavy (non-hydrogen) atoms. The number of amides is 1. The fourth-order valence-electron chi connectivity index (χ4n) is 3.60. The van der Waals surface area contributed by atoms with Gasteiger partial charge in [-0.3, -0.25) is 14.4 Å². The Hall–Kier alpha value is -3.28. The molecule has 1 saturated carbocycles. The molecule has 0 saturated heterocycles. The number of fused-ring (bicyclic) bond motifs is 1. The van der Waals surface area contributed by atoms with Gasteiger partial charge in [0.05, 0.1) is 15.4 Å². The number of nitrogens with zero attached hydrogens (tertiary/aromatic N) is 1. The van der Waals surface area contributed by atoms with E-state index < -0.39 is 45.7 Å². The largest absolute Gasteiger partial charge is 0.480 e. The zero-order valence-electron chi connectivity index (χ0n) is 18.4. The van der Waals surface area contributed by atoms with Crippen molar-refractivity contribution in [2.24, 2.45) is 0 Å². The molecule has 1 atom stereocenters. The minimum atomic E-state index is -4.19. The van der Waals surface area contributed by atoms with E-state index in [1.165, 1.54) is 24.4 Å². The Morgan fingerprint density at radius 3 is 2.49 bits per heavy atom. The lowest BCUT2D eigenvalue weighted by molar-refractivity contribution is -0.138. The van der Waals surface area contributed by atoms with Gasteiger partial charge < -0.3 is 15.0 Å². The van der Waals surface area contributed by atoms with Crippen molar-refractivity contribution < 1.29 is 27.5 Å². The predicted octanol–water partition coefficient (Wildman–Crippen LogP) is 2.60. The van der Waals surface area contributed by atoms with Crippen molar-refractivity contribution in [3.63, 3.8) is 0 Å². The normalized spacial score (nSPS) is 14.6. The Morgan fingerprint density at radius 1 is 1.23 bits per heavy atom. The van der Waals surface area contributed by atoms with Crippen LogP contribution >= 0.6 is 11.6 Å². The van der Waals surface area contributed by atoms with Crippen LogP contribution in [0.4, 0.5) is 4.39 Å². The van der Waals surface area contributed by atoms with Crippen molar-refractivity contribution >= 4 is 44.4 Å². The number of aliphatic carboxylic acids is 1. The molecule has 4 rings (SSSR count). The molecule has 1 aromatic heterocycles. The first-order valence-corrected chi connectivity index (χ1v) is 12.5. The smallest absolute Gasteiger partial charge is 0.323 e. The van der Waals surface area contributed by atoms with E-state index >= 15 is 0 Å². The molecule has 1 aliphatic carbocycles. The second-order valence-corrected chi connectivity index (χ2v) is 10.5. The lowest BCUT2D eigenvalue weighted by Gasteiger charge is -2.17. The molecule has 2 aromatic carbocycles. The lowest BCUT2D eigenvalue weighted by Crippen LogP contribution is -2.48. The molecule has 1 aliphatic rings. The second kappa shape index (κ2) is 9.40. The number of carboxylic acids is 1. The number of carbonyl (C=O) groups excluding carboxylic acids is 1. The Kier molecular flexibility index (Phi) is 6.67. The molecule has 1 unspecified atom stereocenters. The third-order valence-corrected chi connectivity index (χ3v) is 7.43. The third-order valence-electron chi connectivity index (χ3n) is 5.65. The minimum absolute atomic E-state index is 0.0132. The molecule has 1 heterocycles. The summed E-state index contributed by atoms with van der Waals surface area (Å²) in [5, 5.41) is 11.6. The first kappa shape index (κ1) is 24.8. The molecule has 0 radical (unpaired) electrons. The van der Waals surface area contributed by atoms with Gasteiger partial charge in [0.25, 0.3) is 5.91 Å². The Bertz CT molecular complexity index is 1500. The summed E-state index contributed by atoms with van der Waals surface area (Å²) in [5.41, 5.74) is 0.129. The molecule has 1 fully saturated rings. The van der Waals surface area contributed by atoms with Crippen LogP contribution in [0.3, 0.4) is 0 Å². The van der Waals surface area contributed by atoms with Crippen LogP contribution in [0.15, 0.2) is 52.3 Å². The number of hydrogen-bond donors (Lipinski definition) is 3. The van der Waals surface area contributed by atoms with Gasteiger partial charge in [-0.25, -0.2) is 12.8 Å². The van der Waals surface area contributed by atoms with Crippen LogP contribution in [-0.2, 0) is 14.8 Å². The van der Waals surface area contributed by atoms with Crippen LogP contribution < -0.4 is 15.5 Å². The zero-order chi connectivity index (χ0) is 25.5. The summed E-state index contributed by atoms with van der Waals surface area (Å²) < 4.78 is 42.9. The standard InChI is InChI=1S/C23H21ClFN3O6S/c1-12-2-6-14(7-3-12)35(33,34)27-19(23(31)32)10-26-22(30)16-11-28(13-4-5-13)20-9-17(24)18(25)8-15(20)21(16)29/h2-3,6-9,11,13,19,27H,4-5,10H2,1H3,(H,26,30)(H,31,32). The number of carboxylic acid groups (broad SMARTS) is 1. The Morgan fingerprint density at radius 2 is 1.89 bits per heavy atom. The number of pyridine rings is 1. The summed E-state index contributed by atoms with van der Waals surface area (Å²) >= 11 is 5.88. The molecular weight excluding hydrogens is 501 g/mol. The van der Waals surface area contributed by atoms with Crippen molar-refractivity contribution in [3.8, 4) is 0 Å². The number of halogens is 2. The third kappa shape index (κ3) is 5.21. The van der Waals surface area contributed by atoms with Crippen LogP contribution in [0.25, 0.3) is 10.9 Å². The maximum absolute atomic E-state index is 14.1. The first-order valence-electron chi connectivity index (χ1n) is 10.6. The highest BCUT2D eigenvalue weighted by Crippen LogP contribution is 2.37. The number of nitrogens with one attached hydrogen (secondary N) is 2. The van der Waals surface area contributed by atoms with Crippen molar-refractivity contribution in [3.05, 3.63) is 74.8 Å². The first-order chi connectivity index (χ1) is 16.5. The maximum Gasteiger partial charge on any atom is 0.323 e. The van der Waals surface area contributed by atoms with E-state index in [0.717, 1.165) is 24.5 Å². The SMILES string of the molecule is Cc1ccc(S(=O)(=O)NC(CNC(=O)c2cn(C3CC3)c3cc(Cl)c(F)cc3c2=O)C(=O)O)cc1. The molecule has 3 N–H and O–H groups in total. The van der Waals surface area contributed by atoms with Crippen LogP contribution in [-0.4, -0.2) is 42.6 Å². The molecule has 1 amide bonds. The fourth-order valence-corrected chi connectivity index (χ4v) is 4.95. The summed E-state index contributed by atoms with van der Waals surface area (Å²) in [6.45, 7) is 1.14. The highest BCUT2D eigenvalue weighted by atomic mass is 35.5. The van der Waals surface area contributed by atoms with Crippen molar-refractivity contribution in [1.82, 2.24) is 14.6 Å². The van der Waals surface area contributed by atoms with E-state index in [9.17, 15) is 32.3 Å². The maximum atomic E-state index is 14.1. The van der Waals surface area contributed by atoms with Crippen molar-refractivity contribution in [2.75, 3.05) is 6.54 Å². The van der Waals surface area contributed by atoms with E-state index in [1.54, 1.807) is 23.6 Å². The Labute approximate surface area is 204 Å². The molecule has 0 bridgehead atoms. The summed E-state index contributed by atoms with van der Waals surface area (Å²) in [7, 11) is -4.19. The average molecular weight is 522 g/mol. The number of aromatic nitrogens is 1. The van der Waals surface area contributed by atoms with Crippen LogP contribution in [0.1, 0.15) is 34.8 Å². The number of carbonyl (C=O) groups is 2. The fraction of sp³-hybridized carbons (Fsp3) is 0.261. The van der Waals surface area contributed by atoms with Gasteiger partial charge in [0.1, 0.15) is 17.4 Å². The molecule has 0 spiro atoms. The predicted molar refractivity (Wildman–Crippen MR) is 127 cm³/mol. The van der Waals surface area contributed by atoms with Crippen LogP contribution in [0, 0.1) is 12.7 Å². The Balaban J connectivity index is 1.59. The van der Waals surface area contributed by atoms with Crippen LogP contribution in [0.5, 0.6) is 0 Å². The molecule has 12 heteroatoms. The van der Waals surface area contributed by atoms with E-state index in [2.05, 4.69) is 5.32 Å². The number of sulfonamides is 1. The van der Waals surface area contributed by atoms with Gasteiger partial charge in [-0.2, -0.15) is 4.72 Å². The lowest BCUT2D eigenvalue weighted by atomic mass is 10.1. The quantitative estimate of drug-likeness (QED) is 0.417. The summed E-state index contributed by atoms with van der Waals surface area (Å²) in [6, 6.07) is 6.39. The highest BCUT2D eigenvalue weighted by Gasteiger charge is 2.29. The summed E-state index contributed by atoms with van der Waals surface area (Å²) in [5.74, 6) is -3.25. The topological polar surface area (TPSA) is 135 Å². The van der Waals surface area contributed by atoms with Crippen LogP contribution in [0.2, 0.25) is 5.02 Å². The molecular formula is C23H21ClFN3O6S. The monoisotopic (exact) mass is 521 g/mol. The molecule has 9 nitrogen and oxygen atoms in total. The van der Waals surface area contributed by atoms with Gasteiger partial charge in [-0.05, 0) is 44.0 Å².